The third-order valence-electron chi connectivity index (χ3n) is 5.15. The lowest BCUT2D eigenvalue weighted by atomic mass is 9.94. The Balaban J connectivity index is 0.00000225. The number of aromatic amines is 1. The van der Waals surface area contributed by atoms with Gasteiger partial charge in [-0.1, -0.05) is 0 Å². The smallest absolute Gasteiger partial charge is 0.317 e. The maximum Gasteiger partial charge on any atom is 0.317 e. The van der Waals surface area contributed by atoms with Crippen LogP contribution in [-0.2, 0) is 0 Å². The van der Waals surface area contributed by atoms with Crippen LogP contribution in [0.25, 0.3) is 5.65 Å². The van der Waals surface area contributed by atoms with Crippen LogP contribution < -0.4 is 21.5 Å². The molecule has 3 amide bonds. The molecule has 4 heterocycles. The predicted octanol–water partition coefficient (Wildman–Crippen LogP) is -0.334. The van der Waals surface area contributed by atoms with Gasteiger partial charge in [-0.15, -0.1) is 12.4 Å². The van der Waals surface area contributed by atoms with Gasteiger partial charge in [0.2, 0.25) is 0 Å². The van der Waals surface area contributed by atoms with E-state index in [9.17, 15) is 14.4 Å². The fraction of sp³-hybridized carbons (Fsp3) is 0.529. The summed E-state index contributed by atoms with van der Waals surface area (Å²) in [5.74, 6) is -0.0803. The first-order chi connectivity index (χ1) is 13.1. The van der Waals surface area contributed by atoms with Crippen molar-refractivity contribution in [2.45, 2.75) is 18.8 Å². The first-order valence-corrected chi connectivity index (χ1v) is 9.26. The quantitative estimate of drug-likeness (QED) is 0.538. The van der Waals surface area contributed by atoms with Crippen LogP contribution in [-0.4, -0.2) is 70.7 Å². The molecule has 0 spiro atoms. The van der Waals surface area contributed by atoms with Crippen LogP contribution in [0.2, 0.25) is 0 Å². The van der Waals surface area contributed by atoms with Gasteiger partial charge in [0, 0.05) is 38.2 Å². The maximum atomic E-state index is 12.6. The van der Waals surface area contributed by atoms with Crippen LogP contribution in [0.4, 0.5) is 4.79 Å². The van der Waals surface area contributed by atoms with Crippen LogP contribution in [0.1, 0.15) is 34.8 Å². The Morgan fingerprint density at radius 2 is 2.04 bits per heavy atom. The molecular formula is C17H24ClN7O3. The number of hydrogen-bond donors (Lipinski definition) is 4. The van der Waals surface area contributed by atoms with Gasteiger partial charge in [0.15, 0.2) is 0 Å². The summed E-state index contributed by atoms with van der Waals surface area (Å²) < 4.78 is 1.67. The Labute approximate surface area is 167 Å². The number of nitrogens with zero attached hydrogens (tertiary/aromatic N) is 3. The largest absolute Gasteiger partial charge is 0.350 e. The first-order valence-electron chi connectivity index (χ1n) is 9.26. The molecule has 2 aromatic rings. The van der Waals surface area contributed by atoms with E-state index in [1.165, 1.54) is 6.20 Å². The second-order valence-electron chi connectivity index (χ2n) is 6.88. The summed E-state index contributed by atoms with van der Waals surface area (Å²) in [5.41, 5.74) is 1.34. The third kappa shape index (κ3) is 3.97. The van der Waals surface area contributed by atoms with Crippen LogP contribution in [0.5, 0.6) is 0 Å². The van der Waals surface area contributed by atoms with Crippen LogP contribution >= 0.6 is 12.4 Å². The van der Waals surface area contributed by atoms with E-state index in [4.69, 9.17) is 0 Å². The number of rotatable bonds is 5. The van der Waals surface area contributed by atoms with Gasteiger partial charge in [0.05, 0.1) is 11.9 Å². The topological polar surface area (TPSA) is 124 Å². The van der Waals surface area contributed by atoms with Gasteiger partial charge in [0.1, 0.15) is 11.2 Å². The number of H-pyrrole nitrogens is 1. The number of carbonyl (C=O) groups is 2. The Bertz CT molecular complexity index is 919. The summed E-state index contributed by atoms with van der Waals surface area (Å²) in [6, 6.07) is 1.46. The van der Waals surface area contributed by atoms with Crippen molar-refractivity contribution in [2.75, 3.05) is 39.3 Å². The number of amides is 3. The number of halogens is 1. The Hall–Kier alpha value is -2.59. The van der Waals surface area contributed by atoms with E-state index in [2.05, 4.69) is 26.0 Å². The molecule has 2 aromatic heterocycles. The molecule has 0 aliphatic carbocycles. The molecule has 0 saturated carbocycles. The molecule has 2 saturated heterocycles. The second-order valence-corrected chi connectivity index (χ2v) is 6.88. The molecule has 0 aromatic carbocycles. The minimum atomic E-state index is -0.317. The molecule has 2 aliphatic rings. The summed E-state index contributed by atoms with van der Waals surface area (Å²) in [6.07, 6.45) is 3.34. The van der Waals surface area contributed by atoms with Crippen molar-refractivity contribution in [3.05, 3.63) is 33.9 Å². The van der Waals surface area contributed by atoms with Crippen molar-refractivity contribution in [1.82, 2.24) is 35.4 Å². The summed E-state index contributed by atoms with van der Waals surface area (Å²) >= 11 is 0. The number of hydrogen-bond acceptors (Lipinski definition) is 5. The molecule has 0 atom stereocenters. The molecule has 2 aliphatic heterocycles. The first kappa shape index (κ1) is 20.2. The van der Waals surface area contributed by atoms with E-state index >= 15 is 0 Å². The van der Waals surface area contributed by atoms with E-state index in [-0.39, 0.29) is 35.8 Å². The highest BCUT2D eigenvalue weighted by atomic mass is 35.5. The third-order valence-corrected chi connectivity index (χ3v) is 5.15. The van der Waals surface area contributed by atoms with Crippen molar-refractivity contribution in [1.29, 1.82) is 0 Å². The Kier molecular flexibility index (Phi) is 6.20. The SMILES string of the molecule is Cl.O=C(NCCN1CCNC1=O)c1cnn2c(C3CCNCC3)cc(=O)[nH]c12. The molecular weight excluding hydrogens is 386 g/mol. The predicted molar refractivity (Wildman–Crippen MR) is 105 cm³/mol. The zero-order chi connectivity index (χ0) is 18.8. The van der Waals surface area contributed by atoms with Gasteiger partial charge >= 0.3 is 6.03 Å². The van der Waals surface area contributed by atoms with Crippen molar-refractivity contribution in [3.63, 3.8) is 0 Å². The number of urea groups is 1. The zero-order valence-corrected chi connectivity index (χ0v) is 16.2. The molecule has 152 valence electrons. The normalized spacial score (nSPS) is 17.4. The van der Waals surface area contributed by atoms with Crippen LogP contribution in [0.3, 0.4) is 0 Å². The average Bonchev–Trinajstić information content (AvgIpc) is 3.28. The highest BCUT2D eigenvalue weighted by Gasteiger charge is 2.23. The number of carbonyl (C=O) groups excluding carboxylic acids is 2. The summed E-state index contributed by atoms with van der Waals surface area (Å²) in [5, 5.41) is 13.2. The van der Waals surface area contributed by atoms with Gasteiger partial charge in [-0.05, 0) is 25.9 Å². The van der Waals surface area contributed by atoms with E-state index in [0.29, 0.717) is 37.4 Å². The van der Waals surface area contributed by atoms with Crippen LogP contribution in [0, 0.1) is 0 Å². The molecule has 0 unspecified atom stereocenters. The minimum Gasteiger partial charge on any atom is -0.350 e. The number of aromatic nitrogens is 3. The molecule has 4 rings (SSSR count). The molecule has 10 nitrogen and oxygen atoms in total. The van der Waals surface area contributed by atoms with Crippen LogP contribution in [0.15, 0.2) is 17.1 Å². The van der Waals surface area contributed by atoms with Gasteiger partial charge in [-0.25, -0.2) is 9.31 Å². The highest BCUT2D eigenvalue weighted by Crippen LogP contribution is 2.24. The fourth-order valence-electron chi connectivity index (χ4n) is 3.71. The van der Waals surface area contributed by atoms with Gasteiger partial charge in [0.25, 0.3) is 11.5 Å². The van der Waals surface area contributed by atoms with Crippen molar-refractivity contribution >= 4 is 30.0 Å². The van der Waals surface area contributed by atoms with Crippen molar-refractivity contribution in [2.24, 2.45) is 0 Å². The summed E-state index contributed by atoms with van der Waals surface area (Å²) in [7, 11) is 0. The molecule has 0 bridgehead atoms. The Morgan fingerprint density at radius 3 is 2.75 bits per heavy atom. The lowest BCUT2D eigenvalue weighted by Crippen LogP contribution is -2.36. The van der Waals surface area contributed by atoms with Gasteiger partial charge in [-0.3, -0.25) is 9.59 Å². The van der Waals surface area contributed by atoms with E-state index < -0.39 is 0 Å². The number of fused-ring (bicyclic) bond motifs is 1. The standard InChI is InChI=1S/C17H23N7O3.ClH/c25-14-9-13(11-1-3-18-4-2-11)24-15(22-14)12(10-21-24)16(26)19-5-7-23-8-6-20-17(23)27;/h9-11,18H,1-8H2,(H,19,26)(H,20,27)(H,22,25);1H. The average molecular weight is 410 g/mol. The van der Waals surface area contributed by atoms with E-state index in [1.807, 2.05) is 0 Å². The monoisotopic (exact) mass is 409 g/mol. The molecule has 0 radical (unpaired) electrons. The van der Waals surface area contributed by atoms with Crippen molar-refractivity contribution < 1.29 is 9.59 Å². The maximum absolute atomic E-state index is 12.6. The fourth-order valence-corrected chi connectivity index (χ4v) is 3.71. The zero-order valence-electron chi connectivity index (χ0n) is 15.4. The highest BCUT2D eigenvalue weighted by molar-refractivity contribution is 5.99. The summed E-state index contributed by atoms with van der Waals surface area (Å²) in [4.78, 5) is 40.6. The van der Waals surface area contributed by atoms with Gasteiger partial charge in [-0.2, -0.15) is 5.10 Å². The molecule has 4 N–H and O–H groups in total. The lowest BCUT2D eigenvalue weighted by molar-refractivity contribution is 0.0951. The second kappa shape index (κ2) is 8.61. The van der Waals surface area contributed by atoms with E-state index in [0.717, 1.165) is 31.6 Å². The van der Waals surface area contributed by atoms with E-state index in [1.54, 1.807) is 15.5 Å². The number of nitrogens with one attached hydrogen (secondary N) is 4. The number of piperidine rings is 1. The minimum absolute atomic E-state index is 0. The molecule has 2 fully saturated rings. The van der Waals surface area contributed by atoms with Crippen molar-refractivity contribution in [3.8, 4) is 0 Å². The Morgan fingerprint density at radius 1 is 1.25 bits per heavy atom. The summed E-state index contributed by atoms with van der Waals surface area (Å²) in [6.45, 7) is 3.84. The molecule has 28 heavy (non-hydrogen) atoms. The lowest BCUT2D eigenvalue weighted by Gasteiger charge is -2.23. The molecule has 11 heteroatoms. The van der Waals surface area contributed by atoms with Gasteiger partial charge < -0.3 is 25.8 Å².